The number of hydrogen-bond donors (Lipinski definition) is 1. The molecule has 2 heterocycles. The number of benzene rings is 1. The fourth-order valence-corrected chi connectivity index (χ4v) is 2.82. The summed E-state index contributed by atoms with van der Waals surface area (Å²) < 4.78 is 1.75. The van der Waals surface area contributed by atoms with Gasteiger partial charge in [-0.1, -0.05) is 0 Å². The second-order valence-electron chi connectivity index (χ2n) is 6.33. The predicted molar refractivity (Wildman–Crippen MR) is 93.5 cm³/mol. The highest BCUT2D eigenvalue weighted by atomic mass is 16.2. The van der Waals surface area contributed by atoms with Gasteiger partial charge in [-0.2, -0.15) is 5.10 Å². The Balaban J connectivity index is 1.77. The number of carbonyl (C=O) groups is 3. The van der Waals surface area contributed by atoms with Crippen LogP contribution in [0.15, 0.2) is 30.3 Å². The van der Waals surface area contributed by atoms with Gasteiger partial charge < -0.3 is 5.32 Å². The molecular weight excluding hydrogens is 320 g/mol. The van der Waals surface area contributed by atoms with E-state index in [1.165, 1.54) is 4.90 Å². The van der Waals surface area contributed by atoms with Gasteiger partial charge in [0.25, 0.3) is 5.91 Å². The van der Waals surface area contributed by atoms with Gasteiger partial charge in [-0.05, 0) is 45.0 Å². The first-order valence-corrected chi connectivity index (χ1v) is 8.20. The zero-order chi connectivity index (χ0) is 18.1. The van der Waals surface area contributed by atoms with Crippen LogP contribution in [-0.4, -0.2) is 27.5 Å². The number of nitrogens with zero attached hydrogens (tertiary/aromatic N) is 3. The fourth-order valence-electron chi connectivity index (χ4n) is 2.82. The number of aryl methyl sites for hydroxylation is 1. The molecule has 1 aliphatic heterocycles. The molecule has 1 aromatic heterocycles. The Morgan fingerprint density at radius 3 is 2.28 bits per heavy atom. The van der Waals surface area contributed by atoms with Crippen LogP contribution in [0, 0.1) is 6.92 Å². The van der Waals surface area contributed by atoms with Crippen LogP contribution >= 0.6 is 0 Å². The first-order valence-electron chi connectivity index (χ1n) is 8.20. The number of aromatic nitrogens is 2. The van der Waals surface area contributed by atoms with Gasteiger partial charge in [0.2, 0.25) is 11.8 Å². The maximum absolute atomic E-state index is 12.5. The quantitative estimate of drug-likeness (QED) is 0.867. The summed E-state index contributed by atoms with van der Waals surface area (Å²) in [4.78, 5) is 37.2. The van der Waals surface area contributed by atoms with Crippen LogP contribution in [0.4, 0.5) is 11.5 Å². The van der Waals surface area contributed by atoms with Crippen LogP contribution in [0.5, 0.6) is 0 Å². The van der Waals surface area contributed by atoms with E-state index in [1.807, 2.05) is 26.8 Å². The average molecular weight is 340 g/mol. The van der Waals surface area contributed by atoms with E-state index in [-0.39, 0.29) is 36.6 Å². The lowest BCUT2D eigenvalue weighted by atomic mass is 10.2. The fraction of sp³-hybridized carbons (Fsp3) is 0.333. The van der Waals surface area contributed by atoms with Gasteiger partial charge >= 0.3 is 0 Å². The number of anilines is 2. The molecule has 1 saturated heterocycles. The number of hydrogen-bond acceptors (Lipinski definition) is 4. The lowest BCUT2D eigenvalue weighted by Crippen LogP contribution is -2.28. The summed E-state index contributed by atoms with van der Waals surface area (Å²) >= 11 is 0. The molecule has 3 amide bonds. The molecule has 0 bridgehead atoms. The third kappa shape index (κ3) is 3.31. The summed E-state index contributed by atoms with van der Waals surface area (Å²) in [5.74, 6) is -0.0593. The normalized spacial score (nSPS) is 14.5. The van der Waals surface area contributed by atoms with Crippen molar-refractivity contribution in [1.29, 1.82) is 0 Å². The summed E-state index contributed by atoms with van der Waals surface area (Å²) in [6.45, 7) is 5.84. The SMILES string of the molecule is Cc1cc(NC(=O)c2ccc(N3C(=O)CCC3=O)cc2)n(C(C)C)n1. The van der Waals surface area contributed by atoms with Crippen LogP contribution in [-0.2, 0) is 9.59 Å². The third-order valence-corrected chi connectivity index (χ3v) is 4.03. The van der Waals surface area contributed by atoms with Crippen molar-refractivity contribution in [2.24, 2.45) is 0 Å². The van der Waals surface area contributed by atoms with E-state index < -0.39 is 0 Å². The van der Waals surface area contributed by atoms with Crippen LogP contribution in [0.2, 0.25) is 0 Å². The maximum atomic E-state index is 12.5. The molecule has 0 aliphatic carbocycles. The maximum Gasteiger partial charge on any atom is 0.256 e. The number of nitrogens with one attached hydrogen (secondary N) is 1. The molecule has 0 atom stereocenters. The van der Waals surface area contributed by atoms with Crippen molar-refractivity contribution >= 4 is 29.2 Å². The van der Waals surface area contributed by atoms with Crippen LogP contribution < -0.4 is 10.2 Å². The molecule has 1 N–H and O–H groups in total. The van der Waals surface area contributed by atoms with E-state index in [9.17, 15) is 14.4 Å². The molecule has 130 valence electrons. The minimum atomic E-state index is -0.271. The van der Waals surface area contributed by atoms with E-state index in [1.54, 1.807) is 28.9 Å². The molecule has 1 aromatic carbocycles. The van der Waals surface area contributed by atoms with Gasteiger partial charge in [-0.25, -0.2) is 4.68 Å². The minimum Gasteiger partial charge on any atom is -0.307 e. The molecule has 0 saturated carbocycles. The van der Waals surface area contributed by atoms with Crippen molar-refractivity contribution in [3.63, 3.8) is 0 Å². The van der Waals surface area contributed by atoms with Crippen molar-refractivity contribution in [2.45, 2.75) is 39.7 Å². The van der Waals surface area contributed by atoms with E-state index in [0.717, 1.165) is 5.69 Å². The molecule has 25 heavy (non-hydrogen) atoms. The number of rotatable bonds is 4. The zero-order valence-electron chi connectivity index (χ0n) is 14.4. The topological polar surface area (TPSA) is 84.3 Å². The molecule has 7 heteroatoms. The Morgan fingerprint density at radius 1 is 1.12 bits per heavy atom. The largest absolute Gasteiger partial charge is 0.307 e. The number of imide groups is 1. The molecule has 1 aliphatic rings. The van der Waals surface area contributed by atoms with Gasteiger partial charge in [0.05, 0.1) is 11.4 Å². The molecule has 3 rings (SSSR count). The second kappa shape index (κ2) is 6.51. The summed E-state index contributed by atoms with van der Waals surface area (Å²) in [6.07, 6.45) is 0.471. The Kier molecular flexibility index (Phi) is 4.39. The minimum absolute atomic E-state index is 0.124. The molecule has 1 fully saturated rings. The van der Waals surface area contributed by atoms with Gasteiger partial charge in [-0.3, -0.25) is 19.3 Å². The highest BCUT2D eigenvalue weighted by molar-refractivity contribution is 6.20. The number of amides is 3. The summed E-state index contributed by atoms with van der Waals surface area (Å²) in [6, 6.07) is 8.37. The standard InChI is InChI=1S/C18H20N4O3/c1-11(2)22-15(10-12(3)20-22)19-18(25)13-4-6-14(7-5-13)21-16(23)8-9-17(21)24/h4-7,10-11H,8-9H2,1-3H3,(H,19,25). The summed E-state index contributed by atoms with van der Waals surface area (Å²) in [5.41, 5.74) is 1.76. The van der Waals surface area contributed by atoms with Crippen molar-refractivity contribution in [2.75, 3.05) is 10.2 Å². The lowest BCUT2D eigenvalue weighted by Gasteiger charge is -2.14. The Labute approximate surface area is 145 Å². The van der Waals surface area contributed by atoms with E-state index in [0.29, 0.717) is 17.1 Å². The van der Waals surface area contributed by atoms with Gasteiger partial charge in [0.1, 0.15) is 5.82 Å². The summed E-state index contributed by atoms with van der Waals surface area (Å²) in [5, 5.41) is 7.21. The van der Waals surface area contributed by atoms with Crippen molar-refractivity contribution in [3.8, 4) is 0 Å². The van der Waals surface area contributed by atoms with Gasteiger partial charge in [0, 0.05) is 30.5 Å². The molecule has 7 nitrogen and oxygen atoms in total. The van der Waals surface area contributed by atoms with E-state index >= 15 is 0 Å². The first-order chi connectivity index (χ1) is 11.9. The average Bonchev–Trinajstić information content (AvgIpc) is 3.10. The van der Waals surface area contributed by atoms with E-state index in [4.69, 9.17) is 0 Å². The van der Waals surface area contributed by atoms with Crippen LogP contribution in [0.1, 0.15) is 48.8 Å². The molecule has 0 unspecified atom stereocenters. The Morgan fingerprint density at radius 2 is 1.72 bits per heavy atom. The zero-order valence-corrected chi connectivity index (χ0v) is 14.4. The number of carbonyl (C=O) groups excluding carboxylic acids is 3. The summed E-state index contributed by atoms with van der Waals surface area (Å²) in [7, 11) is 0. The van der Waals surface area contributed by atoms with Gasteiger partial charge in [0.15, 0.2) is 0 Å². The van der Waals surface area contributed by atoms with Crippen molar-refractivity contribution in [3.05, 3.63) is 41.6 Å². The van der Waals surface area contributed by atoms with Gasteiger partial charge in [-0.15, -0.1) is 0 Å². The lowest BCUT2D eigenvalue weighted by molar-refractivity contribution is -0.121. The first kappa shape index (κ1) is 16.9. The second-order valence-corrected chi connectivity index (χ2v) is 6.33. The smallest absolute Gasteiger partial charge is 0.256 e. The van der Waals surface area contributed by atoms with Crippen molar-refractivity contribution in [1.82, 2.24) is 9.78 Å². The third-order valence-electron chi connectivity index (χ3n) is 4.03. The molecule has 0 spiro atoms. The molecule has 2 aromatic rings. The predicted octanol–water partition coefficient (Wildman–Crippen LogP) is 2.68. The Hall–Kier alpha value is -2.96. The van der Waals surface area contributed by atoms with Crippen LogP contribution in [0.25, 0.3) is 0 Å². The van der Waals surface area contributed by atoms with Crippen molar-refractivity contribution < 1.29 is 14.4 Å². The molecular formula is C18H20N4O3. The highest BCUT2D eigenvalue weighted by Crippen LogP contribution is 2.23. The van der Waals surface area contributed by atoms with E-state index in [2.05, 4.69) is 10.4 Å². The molecule has 0 radical (unpaired) electrons. The highest BCUT2D eigenvalue weighted by Gasteiger charge is 2.30. The van der Waals surface area contributed by atoms with Crippen LogP contribution in [0.3, 0.4) is 0 Å². The monoisotopic (exact) mass is 340 g/mol. The Bertz CT molecular complexity index is 821.